The Morgan fingerprint density at radius 1 is 1.33 bits per heavy atom. The molecule has 1 fully saturated rings. The number of aliphatic imine (C=N–C) groups is 1. The minimum atomic E-state index is -0.435. The van der Waals surface area contributed by atoms with Gasteiger partial charge in [0, 0.05) is 6.04 Å². The van der Waals surface area contributed by atoms with Crippen LogP contribution in [-0.4, -0.2) is 28.3 Å². The van der Waals surface area contributed by atoms with Crippen molar-refractivity contribution in [2.24, 2.45) is 4.99 Å². The number of urea groups is 1. The van der Waals surface area contributed by atoms with Crippen molar-refractivity contribution in [1.82, 2.24) is 16.0 Å². The Balaban J connectivity index is 1.74. The molecule has 0 radical (unpaired) electrons. The maximum Gasteiger partial charge on any atom is 0.319 e. The van der Waals surface area contributed by atoms with Crippen molar-refractivity contribution in [3.8, 4) is 0 Å². The second kappa shape index (κ2) is 8.96. The summed E-state index contributed by atoms with van der Waals surface area (Å²) in [4.78, 5) is 16.4. The second-order valence-electron chi connectivity index (χ2n) is 6.18. The van der Waals surface area contributed by atoms with E-state index in [9.17, 15) is 14.4 Å². The van der Waals surface area contributed by atoms with Crippen LogP contribution in [-0.2, 0) is 0 Å². The number of aromatic nitrogens is 1. The van der Waals surface area contributed by atoms with Crippen molar-refractivity contribution < 1.29 is 18.9 Å². The number of halogens is 2. The Kier molecular flexibility index (Phi) is 6.40. The van der Waals surface area contributed by atoms with Crippen LogP contribution >= 0.6 is 15.9 Å². The summed E-state index contributed by atoms with van der Waals surface area (Å²) in [5, 5.41) is 18.8. The number of anilines is 1. The predicted molar refractivity (Wildman–Crippen MR) is 101 cm³/mol. The van der Waals surface area contributed by atoms with Crippen LogP contribution in [0, 0.1) is 5.82 Å². The molecular formula is C17H19BrFN5O3. The van der Waals surface area contributed by atoms with Crippen molar-refractivity contribution in [2.45, 2.75) is 38.1 Å². The Labute approximate surface area is 163 Å². The Bertz CT molecular complexity index is 836. The van der Waals surface area contributed by atoms with Crippen LogP contribution in [0.2, 0.25) is 0 Å². The number of nitrogens with one attached hydrogen (secondary N) is 3. The maximum absolute atomic E-state index is 13.3. The van der Waals surface area contributed by atoms with Crippen LogP contribution in [0.3, 0.4) is 0 Å². The van der Waals surface area contributed by atoms with Gasteiger partial charge in [-0.05, 0) is 47.0 Å². The summed E-state index contributed by atoms with van der Waals surface area (Å²) in [6, 6.07) is 3.86. The van der Waals surface area contributed by atoms with E-state index in [2.05, 4.69) is 36.7 Å². The molecule has 4 N–H and O–H groups in total. The average Bonchev–Trinajstić information content (AvgIpc) is 3.11. The number of carbonyl (C=O) groups is 1. The quantitative estimate of drug-likeness (QED) is 0.325. The van der Waals surface area contributed by atoms with Crippen LogP contribution in [0.25, 0.3) is 0 Å². The van der Waals surface area contributed by atoms with Gasteiger partial charge in [0.05, 0.1) is 10.2 Å². The van der Waals surface area contributed by atoms with Crippen LogP contribution in [0.15, 0.2) is 38.5 Å². The van der Waals surface area contributed by atoms with Crippen LogP contribution in [0.1, 0.15) is 37.8 Å². The molecule has 1 saturated carbocycles. The zero-order valence-corrected chi connectivity index (χ0v) is 15.9. The first-order chi connectivity index (χ1) is 13.1. The molecule has 0 spiro atoms. The third-order valence-corrected chi connectivity index (χ3v) is 4.84. The fraction of sp³-hybridized carbons (Fsp3) is 0.353. The van der Waals surface area contributed by atoms with E-state index in [0.29, 0.717) is 5.69 Å². The van der Waals surface area contributed by atoms with Crippen LogP contribution < -0.4 is 16.1 Å². The van der Waals surface area contributed by atoms with Gasteiger partial charge in [0.1, 0.15) is 17.8 Å². The SMILES string of the molecule is O=C(Nc1conc1C(=Nc1ccc(F)c(Br)c1)NO)NC1CCCCC1. The fourth-order valence-electron chi connectivity index (χ4n) is 2.90. The normalized spacial score (nSPS) is 15.4. The lowest BCUT2D eigenvalue weighted by molar-refractivity contribution is 0.234. The number of carbonyl (C=O) groups excluding carboxylic acids is 1. The smallest absolute Gasteiger partial charge is 0.319 e. The zero-order chi connectivity index (χ0) is 19.2. The highest BCUT2D eigenvalue weighted by Crippen LogP contribution is 2.24. The highest BCUT2D eigenvalue weighted by molar-refractivity contribution is 9.10. The van der Waals surface area contributed by atoms with Crippen molar-refractivity contribution in [1.29, 1.82) is 0 Å². The molecular weight excluding hydrogens is 421 g/mol. The predicted octanol–water partition coefficient (Wildman–Crippen LogP) is 4.09. The van der Waals surface area contributed by atoms with Gasteiger partial charge >= 0.3 is 6.03 Å². The number of benzene rings is 1. The van der Waals surface area contributed by atoms with Gasteiger partial charge in [-0.2, -0.15) is 0 Å². The molecule has 3 rings (SSSR count). The van der Waals surface area contributed by atoms with Gasteiger partial charge in [-0.25, -0.2) is 14.2 Å². The molecule has 0 atom stereocenters. The molecule has 0 aliphatic heterocycles. The monoisotopic (exact) mass is 439 g/mol. The van der Waals surface area contributed by atoms with Gasteiger partial charge in [-0.1, -0.05) is 24.4 Å². The number of amidine groups is 1. The van der Waals surface area contributed by atoms with E-state index in [1.165, 1.54) is 30.9 Å². The van der Waals surface area contributed by atoms with Gasteiger partial charge < -0.3 is 15.2 Å². The van der Waals surface area contributed by atoms with Crippen molar-refractivity contribution in [2.75, 3.05) is 5.32 Å². The number of rotatable bonds is 4. The second-order valence-corrected chi connectivity index (χ2v) is 7.04. The summed E-state index contributed by atoms with van der Waals surface area (Å²) < 4.78 is 18.5. The van der Waals surface area contributed by atoms with E-state index in [1.54, 1.807) is 0 Å². The van der Waals surface area contributed by atoms with Crippen LogP contribution in [0.4, 0.5) is 20.6 Å². The Morgan fingerprint density at radius 3 is 2.81 bits per heavy atom. The van der Waals surface area contributed by atoms with Crippen LogP contribution in [0.5, 0.6) is 0 Å². The largest absolute Gasteiger partial charge is 0.362 e. The first-order valence-corrected chi connectivity index (χ1v) is 9.32. The molecule has 1 aliphatic rings. The highest BCUT2D eigenvalue weighted by atomic mass is 79.9. The molecule has 0 bridgehead atoms. The van der Waals surface area contributed by atoms with E-state index in [-0.39, 0.29) is 33.8 Å². The summed E-state index contributed by atoms with van der Waals surface area (Å²) in [5.74, 6) is -0.495. The molecule has 1 heterocycles. The first kappa shape index (κ1) is 19.3. The molecule has 144 valence electrons. The molecule has 1 aromatic carbocycles. The maximum atomic E-state index is 13.3. The Morgan fingerprint density at radius 2 is 2.11 bits per heavy atom. The van der Waals surface area contributed by atoms with Crippen molar-refractivity contribution in [3.05, 3.63) is 40.4 Å². The number of nitrogens with zero attached hydrogens (tertiary/aromatic N) is 2. The van der Waals surface area contributed by atoms with E-state index >= 15 is 0 Å². The third kappa shape index (κ3) is 5.04. The lowest BCUT2D eigenvalue weighted by atomic mass is 9.96. The minimum absolute atomic E-state index is 0.0600. The molecule has 1 aliphatic carbocycles. The van der Waals surface area contributed by atoms with E-state index in [0.717, 1.165) is 25.7 Å². The van der Waals surface area contributed by atoms with Gasteiger partial charge in [0.15, 0.2) is 11.5 Å². The van der Waals surface area contributed by atoms with Crippen molar-refractivity contribution >= 4 is 39.2 Å². The first-order valence-electron chi connectivity index (χ1n) is 8.53. The lowest BCUT2D eigenvalue weighted by Crippen LogP contribution is -2.39. The number of amides is 2. The summed E-state index contributed by atoms with van der Waals surface area (Å²) in [6.07, 6.45) is 6.53. The standard InChI is InChI=1S/C17H19BrFN5O3/c18-12-8-11(6-7-13(12)19)20-16(23-26)15-14(9-27-24-15)22-17(25)21-10-4-2-1-3-5-10/h6-10,26H,1-5H2,(H,20,23)(H2,21,22,25). The Hall–Kier alpha value is -2.46. The summed E-state index contributed by atoms with van der Waals surface area (Å²) >= 11 is 3.07. The third-order valence-electron chi connectivity index (χ3n) is 4.23. The summed E-state index contributed by atoms with van der Waals surface area (Å²) in [5.41, 5.74) is 2.64. The highest BCUT2D eigenvalue weighted by Gasteiger charge is 2.20. The molecule has 27 heavy (non-hydrogen) atoms. The number of hydrogen-bond acceptors (Lipinski definition) is 5. The number of hydroxylamine groups is 1. The molecule has 8 nitrogen and oxygen atoms in total. The van der Waals surface area contributed by atoms with Crippen molar-refractivity contribution in [3.63, 3.8) is 0 Å². The van der Waals surface area contributed by atoms with E-state index in [1.807, 2.05) is 5.48 Å². The summed E-state index contributed by atoms with van der Waals surface area (Å²) in [6.45, 7) is 0. The van der Waals surface area contributed by atoms with E-state index in [4.69, 9.17) is 4.52 Å². The number of hydrogen-bond donors (Lipinski definition) is 4. The fourth-order valence-corrected chi connectivity index (χ4v) is 3.27. The van der Waals surface area contributed by atoms with E-state index < -0.39 is 5.82 Å². The molecule has 2 aromatic rings. The molecule has 2 amide bonds. The average molecular weight is 440 g/mol. The molecule has 1 aromatic heterocycles. The summed E-state index contributed by atoms with van der Waals surface area (Å²) in [7, 11) is 0. The minimum Gasteiger partial charge on any atom is -0.362 e. The molecule has 0 unspecified atom stereocenters. The topological polar surface area (TPSA) is 112 Å². The molecule has 0 saturated heterocycles. The zero-order valence-electron chi connectivity index (χ0n) is 14.3. The lowest BCUT2D eigenvalue weighted by Gasteiger charge is -2.22. The molecule has 10 heteroatoms. The van der Waals surface area contributed by atoms with Gasteiger partial charge in [-0.15, -0.1) is 0 Å². The van der Waals surface area contributed by atoms with Gasteiger partial charge in [-0.3, -0.25) is 10.7 Å². The van der Waals surface area contributed by atoms with Gasteiger partial charge in [0.2, 0.25) is 0 Å². The van der Waals surface area contributed by atoms with Gasteiger partial charge in [0.25, 0.3) is 0 Å².